The molecule has 11 aromatic rings. The number of anilines is 3. The molecule has 2 nitrogen and oxygen atoms in total. The molecule has 1 unspecified atom stereocenters. The Morgan fingerprint density at radius 3 is 1.64 bits per heavy atom. The molecule has 0 saturated carbocycles. The van der Waals surface area contributed by atoms with Crippen molar-refractivity contribution in [2.75, 3.05) is 4.90 Å². The third-order valence-corrected chi connectivity index (χ3v) is 14.5. The first-order valence-electron chi connectivity index (χ1n) is 22.4. The summed E-state index contributed by atoms with van der Waals surface area (Å²) in [5.41, 5.74) is 24.0. The van der Waals surface area contributed by atoms with Crippen molar-refractivity contribution >= 4 is 62.0 Å². The summed E-state index contributed by atoms with van der Waals surface area (Å²) in [4.78, 5) is 2.32. The monoisotopic (exact) mass is 810 g/mol. The van der Waals surface area contributed by atoms with Crippen LogP contribution >= 0.6 is 0 Å². The van der Waals surface area contributed by atoms with Crippen LogP contribution in [0, 0.1) is 0 Å². The average Bonchev–Trinajstić information content (AvgIpc) is 3.99. The average molecular weight is 811 g/mol. The zero-order valence-corrected chi connectivity index (χ0v) is 35.0. The third-order valence-electron chi connectivity index (χ3n) is 14.5. The molecule has 296 valence electrons. The Morgan fingerprint density at radius 1 is 0.344 bits per heavy atom. The fourth-order valence-electron chi connectivity index (χ4n) is 12.0. The predicted octanol–water partition coefficient (Wildman–Crippen LogP) is 13.1. The Bertz CT molecular complexity index is 3590. The molecule has 3 aliphatic rings. The van der Waals surface area contributed by atoms with Crippen molar-refractivity contribution in [3.63, 3.8) is 0 Å². The van der Waals surface area contributed by atoms with Gasteiger partial charge in [-0.25, -0.2) is 0 Å². The van der Waals surface area contributed by atoms with Gasteiger partial charge in [0.15, 0.2) is 0 Å². The maximum atomic E-state index is 2.46. The second-order valence-electron chi connectivity index (χ2n) is 17.5. The van der Waals surface area contributed by atoms with Gasteiger partial charge in [-0.2, -0.15) is 0 Å². The summed E-state index contributed by atoms with van der Waals surface area (Å²) in [6.07, 6.45) is 0. The molecule has 2 aliphatic heterocycles. The van der Waals surface area contributed by atoms with Gasteiger partial charge in [0.1, 0.15) is 0 Å². The van der Waals surface area contributed by atoms with Crippen LogP contribution in [-0.4, -0.2) is 11.3 Å². The summed E-state index contributed by atoms with van der Waals surface area (Å²) < 4.78 is 2.45. The summed E-state index contributed by atoms with van der Waals surface area (Å²) in [7, 11) is 0. The lowest BCUT2D eigenvalue weighted by atomic mass is 9.32. The van der Waals surface area contributed by atoms with Crippen LogP contribution in [0.2, 0.25) is 0 Å². The maximum Gasteiger partial charge on any atom is 0.243 e. The van der Waals surface area contributed by atoms with E-state index in [1.807, 2.05) is 0 Å². The van der Waals surface area contributed by atoms with E-state index >= 15 is 0 Å². The molecular weight excluding hydrogens is 771 g/mol. The van der Waals surface area contributed by atoms with Gasteiger partial charge in [-0.1, -0.05) is 186 Å². The molecule has 1 atom stereocenters. The summed E-state index contributed by atoms with van der Waals surface area (Å²) in [6.45, 7) is 0.151. The van der Waals surface area contributed by atoms with Gasteiger partial charge in [0.25, 0.3) is 0 Å². The first-order valence-corrected chi connectivity index (χ1v) is 22.4. The number of aromatic nitrogens is 1. The molecule has 1 spiro atoms. The minimum atomic E-state index is -0.464. The molecule has 3 heterocycles. The van der Waals surface area contributed by atoms with Crippen LogP contribution in [0.3, 0.4) is 0 Å². The van der Waals surface area contributed by atoms with E-state index < -0.39 is 5.41 Å². The quantitative estimate of drug-likeness (QED) is 0.157. The van der Waals surface area contributed by atoms with Crippen LogP contribution < -0.4 is 21.3 Å². The van der Waals surface area contributed by atoms with Crippen LogP contribution in [0.5, 0.6) is 0 Å². The lowest BCUT2D eigenvalue weighted by Gasteiger charge is -2.42. The number of fused-ring (bicyclic) bond motifs is 15. The Morgan fingerprint density at radius 2 is 0.906 bits per heavy atom. The molecule has 1 aromatic heterocycles. The largest absolute Gasteiger partial charge is 0.311 e. The fraction of sp³-hybridized carbons (Fsp3) is 0.0164. The van der Waals surface area contributed by atoms with Crippen LogP contribution in [0.25, 0.3) is 60.9 Å². The topological polar surface area (TPSA) is 8.17 Å². The summed E-state index contributed by atoms with van der Waals surface area (Å²) in [5.74, 6) is 0. The van der Waals surface area contributed by atoms with Gasteiger partial charge >= 0.3 is 0 Å². The van der Waals surface area contributed by atoms with E-state index in [-0.39, 0.29) is 6.71 Å². The Kier molecular flexibility index (Phi) is 7.44. The molecule has 1 aliphatic carbocycles. The second kappa shape index (κ2) is 13.4. The maximum absolute atomic E-state index is 2.46. The highest BCUT2D eigenvalue weighted by Crippen LogP contribution is 2.57. The number of benzene rings is 10. The van der Waals surface area contributed by atoms with Gasteiger partial charge in [-0.05, 0) is 122 Å². The summed E-state index contributed by atoms with van der Waals surface area (Å²) in [5, 5.41) is 2.56. The Balaban J connectivity index is 0.930. The first-order chi connectivity index (χ1) is 31.8. The molecule has 3 heteroatoms. The first kappa shape index (κ1) is 35.5. The van der Waals surface area contributed by atoms with E-state index in [9.17, 15) is 0 Å². The van der Waals surface area contributed by atoms with Gasteiger partial charge in [0.05, 0.1) is 16.4 Å². The second-order valence-corrected chi connectivity index (χ2v) is 17.5. The van der Waals surface area contributed by atoms with Gasteiger partial charge in [0, 0.05) is 33.5 Å². The fourth-order valence-corrected chi connectivity index (χ4v) is 12.0. The van der Waals surface area contributed by atoms with Crippen LogP contribution in [0.4, 0.5) is 17.1 Å². The van der Waals surface area contributed by atoms with Gasteiger partial charge in [-0.15, -0.1) is 0 Å². The molecule has 0 N–H and O–H groups in total. The third kappa shape index (κ3) is 4.76. The Labute approximate surface area is 373 Å². The number of rotatable bonds is 5. The van der Waals surface area contributed by atoms with E-state index in [1.165, 1.54) is 99.5 Å². The molecule has 0 bridgehead atoms. The molecule has 0 radical (unpaired) electrons. The van der Waals surface area contributed by atoms with Crippen molar-refractivity contribution < 1.29 is 0 Å². The normalized spacial score (nSPS) is 14.9. The molecule has 0 saturated heterocycles. The minimum absolute atomic E-state index is 0.151. The van der Waals surface area contributed by atoms with E-state index in [2.05, 4.69) is 246 Å². The summed E-state index contributed by atoms with van der Waals surface area (Å²) in [6, 6.07) is 88.1. The van der Waals surface area contributed by atoms with Crippen molar-refractivity contribution in [1.29, 1.82) is 0 Å². The lowest BCUT2D eigenvalue weighted by molar-refractivity contribution is 0.775. The highest BCUT2D eigenvalue weighted by Gasteiger charge is 2.54. The minimum Gasteiger partial charge on any atom is -0.311 e. The van der Waals surface area contributed by atoms with Crippen LogP contribution in [-0.2, 0) is 5.41 Å². The number of nitrogens with zero attached hydrogens (tertiary/aromatic N) is 2. The molecule has 0 amide bonds. The van der Waals surface area contributed by atoms with Gasteiger partial charge < -0.3 is 9.47 Å². The molecule has 10 aromatic carbocycles. The lowest BCUT2D eigenvalue weighted by Crippen LogP contribution is -2.59. The van der Waals surface area contributed by atoms with Crippen molar-refractivity contribution in [2.24, 2.45) is 0 Å². The van der Waals surface area contributed by atoms with Crippen LogP contribution in [0.1, 0.15) is 22.3 Å². The zero-order valence-electron chi connectivity index (χ0n) is 35.0. The highest BCUT2D eigenvalue weighted by atomic mass is 15.1. The van der Waals surface area contributed by atoms with Crippen molar-refractivity contribution in [1.82, 2.24) is 4.57 Å². The zero-order chi connectivity index (χ0) is 41.9. The van der Waals surface area contributed by atoms with Crippen LogP contribution in [0.15, 0.2) is 237 Å². The predicted molar refractivity (Wildman–Crippen MR) is 268 cm³/mol. The summed E-state index contributed by atoms with van der Waals surface area (Å²) >= 11 is 0. The molecular formula is C61H39BN2. The van der Waals surface area contributed by atoms with E-state index in [1.54, 1.807) is 0 Å². The van der Waals surface area contributed by atoms with Gasteiger partial charge in [0.2, 0.25) is 6.71 Å². The standard InChI is InChI=1S/C61H39BN2/c1-3-16-42(17-4-1)63(43-18-5-2-6-19-43)44-33-30-40(31-34-44)41-32-37-56-51(38-41)49-23-15-26-55-60(49)62(56)57-27-12-11-25-54(57)61(55)52-24-10-7-20-46(52)50-39-45(35-36-53(50)61)64-58-28-13-8-21-47(58)48-22-9-14-29-59(48)64/h1-39H. The highest BCUT2D eigenvalue weighted by molar-refractivity contribution is 7.00. The van der Waals surface area contributed by atoms with Gasteiger partial charge in [-0.3, -0.25) is 0 Å². The van der Waals surface area contributed by atoms with Crippen molar-refractivity contribution in [3.05, 3.63) is 259 Å². The van der Waals surface area contributed by atoms with Crippen molar-refractivity contribution in [3.8, 4) is 39.1 Å². The smallest absolute Gasteiger partial charge is 0.243 e. The molecule has 0 fully saturated rings. The number of hydrogen-bond acceptors (Lipinski definition) is 1. The van der Waals surface area contributed by atoms with Crippen molar-refractivity contribution in [2.45, 2.75) is 5.41 Å². The number of hydrogen-bond donors (Lipinski definition) is 0. The van der Waals surface area contributed by atoms with E-state index in [0.717, 1.165) is 17.1 Å². The van der Waals surface area contributed by atoms with E-state index in [0.29, 0.717) is 0 Å². The SMILES string of the molecule is c1ccc(N(c2ccccc2)c2ccc(-c3ccc4c(c3)-c3cccc5c3B4c3ccccc3C53c4ccccc4-c4cc(-n5c6ccccc6c6ccccc65)ccc43)cc2)cc1. The Hall–Kier alpha value is -8.14. The number of para-hydroxylation sites is 4. The molecule has 64 heavy (non-hydrogen) atoms. The molecule has 14 rings (SSSR count). The van der Waals surface area contributed by atoms with E-state index in [4.69, 9.17) is 0 Å².